The van der Waals surface area contributed by atoms with Gasteiger partial charge in [-0.1, -0.05) is 28.1 Å². The highest BCUT2D eigenvalue weighted by atomic mass is 79.9. The minimum atomic E-state index is -0.720. The maximum Gasteiger partial charge on any atom is 0.328 e. The summed E-state index contributed by atoms with van der Waals surface area (Å²) in [5, 5.41) is 2.58. The molecule has 104 valence electrons. The molecule has 0 bridgehead atoms. The third-order valence-corrected chi connectivity index (χ3v) is 2.92. The highest BCUT2D eigenvalue weighted by Crippen LogP contribution is 2.13. The van der Waals surface area contributed by atoms with E-state index >= 15 is 0 Å². The molecule has 0 saturated heterocycles. The monoisotopic (exact) mass is 329 g/mol. The lowest BCUT2D eigenvalue weighted by Gasteiger charge is -2.16. The van der Waals surface area contributed by atoms with Gasteiger partial charge in [0.1, 0.15) is 12.6 Å². The average molecular weight is 330 g/mol. The first kappa shape index (κ1) is 15.7. The van der Waals surface area contributed by atoms with E-state index in [4.69, 9.17) is 4.74 Å². The molecule has 0 aliphatic heterocycles. The van der Waals surface area contributed by atoms with Crippen LogP contribution in [-0.4, -0.2) is 38.7 Å². The van der Waals surface area contributed by atoms with Gasteiger partial charge in [0.2, 0.25) is 5.91 Å². The van der Waals surface area contributed by atoms with Crippen molar-refractivity contribution in [1.82, 2.24) is 5.32 Å². The molecule has 0 radical (unpaired) electrons. The number of hydrogen-bond donors (Lipinski definition) is 1. The number of benzene rings is 1. The van der Waals surface area contributed by atoms with E-state index in [0.717, 1.165) is 10.0 Å². The van der Waals surface area contributed by atoms with Gasteiger partial charge in [-0.25, -0.2) is 4.79 Å². The van der Waals surface area contributed by atoms with Crippen molar-refractivity contribution in [3.05, 3.63) is 34.3 Å². The Labute approximate surface area is 120 Å². The summed E-state index contributed by atoms with van der Waals surface area (Å²) in [6.07, 6.45) is 0.363. The van der Waals surface area contributed by atoms with Crippen molar-refractivity contribution < 1.29 is 19.1 Å². The van der Waals surface area contributed by atoms with Gasteiger partial charge < -0.3 is 14.8 Å². The molecule has 1 atom stereocenters. The van der Waals surface area contributed by atoms with Crippen LogP contribution in [0.5, 0.6) is 0 Å². The Hall–Kier alpha value is -1.40. The molecule has 0 aliphatic carbocycles. The Morgan fingerprint density at radius 1 is 1.37 bits per heavy atom. The molecule has 5 nitrogen and oxygen atoms in total. The molecule has 0 saturated carbocycles. The average Bonchev–Trinajstić information content (AvgIpc) is 2.37. The van der Waals surface area contributed by atoms with Crippen LogP contribution in [0.25, 0.3) is 0 Å². The predicted molar refractivity (Wildman–Crippen MR) is 73.7 cm³/mol. The van der Waals surface area contributed by atoms with Crippen molar-refractivity contribution >= 4 is 27.8 Å². The third kappa shape index (κ3) is 5.40. The smallest absolute Gasteiger partial charge is 0.328 e. The zero-order valence-corrected chi connectivity index (χ0v) is 12.4. The summed E-state index contributed by atoms with van der Waals surface area (Å²) in [5.41, 5.74) is 0.919. The van der Waals surface area contributed by atoms with Gasteiger partial charge in [-0.05, 0) is 17.7 Å². The zero-order valence-electron chi connectivity index (χ0n) is 10.8. The predicted octanol–water partition coefficient (Wildman–Crippen LogP) is 1.30. The van der Waals surface area contributed by atoms with E-state index in [1.54, 1.807) is 0 Å². The Bertz CT molecular complexity index is 450. The SMILES string of the molecule is COCC(=O)N[C@@H](Cc1cccc(Br)c1)C(=O)OC. The van der Waals surface area contributed by atoms with Gasteiger partial charge in [0.15, 0.2) is 0 Å². The normalized spacial score (nSPS) is 11.7. The first-order valence-corrected chi connectivity index (χ1v) is 6.46. The number of nitrogens with one attached hydrogen (secondary N) is 1. The fourth-order valence-electron chi connectivity index (χ4n) is 1.60. The molecular weight excluding hydrogens is 314 g/mol. The summed E-state index contributed by atoms with van der Waals surface area (Å²) in [7, 11) is 2.71. The number of esters is 1. The summed E-state index contributed by atoms with van der Waals surface area (Å²) in [4.78, 5) is 23.1. The Balaban J connectivity index is 2.74. The standard InChI is InChI=1S/C13H16BrNO4/c1-18-8-12(16)15-11(13(17)19-2)7-9-4-3-5-10(14)6-9/h3-6,11H,7-8H2,1-2H3,(H,15,16)/t11-/m0/s1. The summed E-state index contributed by atoms with van der Waals surface area (Å²) in [5.74, 6) is -0.836. The topological polar surface area (TPSA) is 64.6 Å². The maximum absolute atomic E-state index is 11.7. The van der Waals surface area contributed by atoms with Gasteiger partial charge in [0.05, 0.1) is 7.11 Å². The van der Waals surface area contributed by atoms with Crippen molar-refractivity contribution in [2.45, 2.75) is 12.5 Å². The van der Waals surface area contributed by atoms with E-state index in [1.807, 2.05) is 24.3 Å². The highest BCUT2D eigenvalue weighted by Gasteiger charge is 2.21. The van der Waals surface area contributed by atoms with E-state index in [1.165, 1.54) is 14.2 Å². The maximum atomic E-state index is 11.7. The van der Waals surface area contributed by atoms with Crippen LogP contribution in [0.2, 0.25) is 0 Å². The molecule has 1 N–H and O–H groups in total. The first-order chi connectivity index (χ1) is 9.06. The number of carbonyl (C=O) groups is 2. The van der Waals surface area contributed by atoms with Crippen molar-refractivity contribution in [2.75, 3.05) is 20.8 Å². The fourth-order valence-corrected chi connectivity index (χ4v) is 2.05. The molecule has 1 aromatic carbocycles. The van der Waals surface area contributed by atoms with Gasteiger partial charge in [-0.2, -0.15) is 0 Å². The molecule has 0 aromatic heterocycles. The Morgan fingerprint density at radius 2 is 2.11 bits per heavy atom. The number of halogens is 1. The first-order valence-electron chi connectivity index (χ1n) is 5.67. The van der Waals surface area contributed by atoms with Crippen LogP contribution in [0.15, 0.2) is 28.7 Å². The van der Waals surface area contributed by atoms with Gasteiger partial charge in [0, 0.05) is 18.0 Å². The van der Waals surface area contributed by atoms with Crippen LogP contribution in [0.4, 0.5) is 0 Å². The molecule has 0 aliphatic rings. The van der Waals surface area contributed by atoms with E-state index in [-0.39, 0.29) is 12.5 Å². The largest absolute Gasteiger partial charge is 0.467 e. The molecular formula is C13H16BrNO4. The molecule has 0 unspecified atom stereocenters. The molecule has 19 heavy (non-hydrogen) atoms. The van der Waals surface area contributed by atoms with Crippen LogP contribution >= 0.6 is 15.9 Å². The number of ether oxygens (including phenoxy) is 2. The van der Waals surface area contributed by atoms with E-state index in [9.17, 15) is 9.59 Å². The Kier molecular flexibility index (Phi) is 6.52. The second-order valence-electron chi connectivity index (χ2n) is 3.91. The highest BCUT2D eigenvalue weighted by molar-refractivity contribution is 9.10. The van der Waals surface area contributed by atoms with Crippen molar-refractivity contribution in [3.8, 4) is 0 Å². The lowest BCUT2D eigenvalue weighted by Crippen LogP contribution is -2.44. The van der Waals surface area contributed by atoms with E-state index < -0.39 is 12.0 Å². The minimum absolute atomic E-state index is 0.0913. The lowest BCUT2D eigenvalue weighted by atomic mass is 10.1. The van der Waals surface area contributed by atoms with E-state index in [2.05, 4.69) is 26.0 Å². The van der Waals surface area contributed by atoms with Crippen LogP contribution < -0.4 is 5.32 Å². The zero-order chi connectivity index (χ0) is 14.3. The molecule has 1 amide bonds. The Morgan fingerprint density at radius 3 is 2.68 bits per heavy atom. The summed E-state index contributed by atoms with van der Waals surface area (Å²) < 4.78 is 10.3. The van der Waals surface area contributed by atoms with Crippen molar-refractivity contribution in [2.24, 2.45) is 0 Å². The van der Waals surface area contributed by atoms with E-state index in [0.29, 0.717) is 6.42 Å². The van der Waals surface area contributed by atoms with Crippen molar-refractivity contribution in [1.29, 1.82) is 0 Å². The molecule has 1 rings (SSSR count). The second-order valence-corrected chi connectivity index (χ2v) is 4.83. The number of rotatable bonds is 6. The van der Waals surface area contributed by atoms with Gasteiger partial charge in [0.25, 0.3) is 0 Å². The summed E-state index contributed by atoms with van der Waals surface area (Å²) in [6.45, 7) is -0.0913. The van der Waals surface area contributed by atoms with Gasteiger partial charge in [-0.3, -0.25) is 4.79 Å². The minimum Gasteiger partial charge on any atom is -0.467 e. The van der Waals surface area contributed by atoms with Crippen LogP contribution in [0, 0.1) is 0 Å². The number of amides is 1. The van der Waals surface area contributed by atoms with Crippen molar-refractivity contribution in [3.63, 3.8) is 0 Å². The summed E-state index contributed by atoms with van der Waals surface area (Å²) >= 11 is 3.36. The molecule has 0 fully saturated rings. The molecule has 0 heterocycles. The molecule has 1 aromatic rings. The number of methoxy groups -OCH3 is 2. The summed E-state index contributed by atoms with van der Waals surface area (Å²) in [6, 6.07) is 6.80. The van der Waals surface area contributed by atoms with Gasteiger partial charge >= 0.3 is 5.97 Å². The molecule has 0 spiro atoms. The quantitative estimate of drug-likeness (QED) is 0.799. The lowest BCUT2D eigenvalue weighted by molar-refractivity contribution is -0.145. The van der Waals surface area contributed by atoms with Crippen LogP contribution in [0.1, 0.15) is 5.56 Å². The second kappa shape index (κ2) is 7.91. The van der Waals surface area contributed by atoms with Gasteiger partial charge in [-0.15, -0.1) is 0 Å². The number of hydrogen-bond acceptors (Lipinski definition) is 4. The molecule has 6 heteroatoms. The number of carbonyl (C=O) groups excluding carboxylic acids is 2. The van der Waals surface area contributed by atoms with Crippen LogP contribution in [0.3, 0.4) is 0 Å². The fraction of sp³-hybridized carbons (Fsp3) is 0.385. The van der Waals surface area contributed by atoms with Crippen LogP contribution in [-0.2, 0) is 25.5 Å². The third-order valence-electron chi connectivity index (χ3n) is 2.43.